The number of aryl methyl sites for hydroxylation is 3. The van der Waals surface area contributed by atoms with E-state index in [0.29, 0.717) is 5.11 Å². The fraction of sp³-hybridized carbons (Fsp3) is 0.312. The predicted octanol–water partition coefficient (Wildman–Crippen LogP) is 6.12. The molecule has 0 radical (unpaired) electrons. The molecule has 6 nitrogen and oxygen atoms in total. The number of para-hydroxylation sites is 1. The Kier molecular flexibility index (Phi) is 6.87. The lowest BCUT2D eigenvalue weighted by molar-refractivity contribution is 0.122. The molecule has 200 valence electrons. The molecule has 7 heteroatoms. The topological polar surface area (TPSA) is 45.6 Å². The maximum Gasteiger partial charge on any atom is 0.174 e. The third-order valence-corrected chi connectivity index (χ3v) is 8.37. The van der Waals surface area contributed by atoms with E-state index in [-0.39, 0.29) is 12.1 Å². The van der Waals surface area contributed by atoms with E-state index in [4.69, 9.17) is 21.9 Å². The molecule has 2 aromatic carbocycles. The minimum Gasteiger partial charge on any atom is -0.378 e. The summed E-state index contributed by atoms with van der Waals surface area (Å²) in [4.78, 5) is 9.39. The van der Waals surface area contributed by atoms with Gasteiger partial charge >= 0.3 is 0 Å². The Labute approximate surface area is 236 Å². The minimum atomic E-state index is -0.0791. The maximum absolute atomic E-state index is 6.01. The van der Waals surface area contributed by atoms with Crippen LogP contribution in [0.1, 0.15) is 45.9 Å². The Morgan fingerprint density at radius 2 is 1.56 bits per heavy atom. The normalized spacial score (nSPS) is 19.4. The summed E-state index contributed by atoms with van der Waals surface area (Å²) in [6.07, 6.45) is 1.86. The number of ether oxygens (including phenoxy) is 1. The highest BCUT2D eigenvalue weighted by atomic mass is 32.1. The van der Waals surface area contributed by atoms with Crippen molar-refractivity contribution >= 4 is 28.7 Å². The van der Waals surface area contributed by atoms with Gasteiger partial charge in [-0.25, -0.2) is 0 Å². The summed E-state index contributed by atoms with van der Waals surface area (Å²) in [7, 11) is 0. The fourth-order valence-corrected chi connectivity index (χ4v) is 6.53. The zero-order valence-corrected chi connectivity index (χ0v) is 23.8. The van der Waals surface area contributed by atoms with Gasteiger partial charge in [-0.2, -0.15) is 0 Å². The van der Waals surface area contributed by atoms with Gasteiger partial charge in [-0.3, -0.25) is 4.98 Å². The SMILES string of the molecule is Cc1cccc(C)c1-n1c(C)cc([C@@H]2[C@@H](c3ccccn3)NC(=S)N2c2ccc(N3CCOCC3)cc2)c1C. The summed E-state index contributed by atoms with van der Waals surface area (Å²) in [5.41, 5.74) is 10.7. The van der Waals surface area contributed by atoms with Crippen molar-refractivity contribution in [1.29, 1.82) is 0 Å². The molecule has 0 amide bonds. The quantitative estimate of drug-likeness (QED) is 0.310. The van der Waals surface area contributed by atoms with Gasteiger partial charge in [0.1, 0.15) is 0 Å². The lowest BCUT2D eigenvalue weighted by Gasteiger charge is -2.31. The first-order valence-electron chi connectivity index (χ1n) is 13.6. The Balaban J connectivity index is 1.46. The molecule has 6 rings (SSSR count). The van der Waals surface area contributed by atoms with Crippen LogP contribution in [0.3, 0.4) is 0 Å². The number of nitrogens with one attached hydrogen (secondary N) is 1. The number of hydrogen-bond acceptors (Lipinski definition) is 4. The van der Waals surface area contributed by atoms with Gasteiger partial charge < -0.3 is 24.4 Å². The van der Waals surface area contributed by atoms with Gasteiger partial charge in [0.15, 0.2) is 5.11 Å². The number of benzene rings is 2. The molecule has 0 unspecified atom stereocenters. The van der Waals surface area contributed by atoms with Crippen molar-refractivity contribution < 1.29 is 4.74 Å². The van der Waals surface area contributed by atoms with Crippen LogP contribution in [0.15, 0.2) is 72.9 Å². The molecule has 2 saturated heterocycles. The summed E-state index contributed by atoms with van der Waals surface area (Å²) < 4.78 is 7.94. The summed E-state index contributed by atoms with van der Waals surface area (Å²) in [5, 5.41) is 4.34. The largest absolute Gasteiger partial charge is 0.378 e. The van der Waals surface area contributed by atoms with Crippen molar-refractivity contribution in [3.05, 3.63) is 107 Å². The summed E-state index contributed by atoms with van der Waals surface area (Å²) >= 11 is 6.01. The number of nitrogens with zero attached hydrogens (tertiary/aromatic N) is 4. The van der Waals surface area contributed by atoms with Gasteiger partial charge in [-0.05, 0) is 99.1 Å². The number of thiocarbonyl (C=S) groups is 1. The fourth-order valence-electron chi connectivity index (χ4n) is 6.18. The van der Waals surface area contributed by atoms with E-state index in [2.05, 4.69) is 102 Å². The van der Waals surface area contributed by atoms with E-state index in [0.717, 1.165) is 37.7 Å². The highest BCUT2D eigenvalue weighted by Gasteiger charge is 2.42. The Morgan fingerprint density at radius 3 is 2.23 bits per heavy atom. The van der Waals surface area contributed by atoms with Crippen LogP contribution in [0.5, 0.6) is 0 Å². The van der Waals surface area contributed by atoms with Gasteiger partial charge in [0.05, 0.1) is 36.7 Å². The second kappa shape index (κ2) is 10.5. The Hall–Kier alpha value is -3.68. The van der Waals surface area contributed by atoms with E-state index < -0.39 is 0 Å². The smallest absolute Gasteiger partial charge is 0.174 e. The van der Waals surface area contributed by atoms with Gasteiger partial charge in [0.2, 0.25) is 0 Å². The van der Waals surface area contributed by atoms with E-state index in [9.17, 15) is 0 Å². The molecule has 2 aliphatic rings. The van der Waals surface area contributed by atoms with E-state index >= 15 is 0 Å². The molecule has 2 aliphatic heterocycles. The van der Waals surface area contributed by atoms with Crippen LogP contribution >= 0.6 is 12.2 Å². The molecule has 0 saturated carbocycles. The van der Waals surface area contributed by atoms with Crippen LogP contribution in [0.25, 0.3) is 5.69 Å². The van der Waals surface area contributed by atoms with Crippen LogP contribution in [0.4, 0.5) is 11.4 Å². The molecule has 2 atom stereocenters. The Morgan fingerprint density at radius 1 is 0.872 bits per heavy atom. The zero-order valence-electron chi connectivity index (χ0n) is 23.0. The van der Waals surface area contributed by atoms with Gasteiger partial charge in [0.25, 0.3) is 0 Å². The summed E-state index contributed by atoms with van der Waals surface area (Å²) in [6.45, 7) is 12.2. The van der Waals surface area contributed by atoms with Crippen molar-refractivity contribution in [1.82, 2.24) is 14.9 Å². The average molecular weight is 538 g/mol. The molecule has 1 N–H and O–H groups in total. The number of morpholine rings is 1. The Bertz CT molecular complexity index is 1470. The highest BCUT2D eigenvalue weighted by Crippen LogP contribution is 2.44. The van der Waals surface area contributed by atoms with Crippen molar-refractivity contribution in [2.24, 2.45) is 0 Å². The third-order valence-electron chi connectivity index (χ3n) is 8.05. The molecule has 0 spiro atoms. The standard InChI is InChI=1S/C32H35N5OS/c1-21-8-7-9-22(2)30(21)36-23(3)20-27(24(36)4)31-29(28-10-5-6-15-33-28)34-32(39)37(31)26-13-11-25(12-14-26)35-16-18-38-19-17-35/h5-15,20,29,31H,16-19H2,1-4H3,(H,34,39)/t29-,31-/m1/s1. The molecule has 0 aliphatic carbocycles. The molecule has 0 bridgehead atoms. The number of rotatable bonds is 5. The molecular weight excluding hydrogens is 502 g/mol. The van der Waals surface area contributed by atoms with Gasteiger partial charge in [-0.1, -0.05) is 24.3 Å². The van der Waals surface area contributed by atoms with Crippen LogP contribution in [-0.2, 0) is 4.74 Å². The minimum absolute atomic E-state index is 0.0501. The van der Waals surface area contributed by atoms with Crippen LogP contribution < -0.4 is 15.1 Å². The predicted molar refractivity (Wildman–Crippen MR) is 162 cm³/mol. The monoisotopic (exact) mass is 537 g/mol. The maximum atomic E-state index is 6.01. The van der Waals surface area contributed by atoms with Gasteiger partial charge in [0, 0.05) is 42.0 Å². The lowest BCUT2D eigenvalue weighted by atomic mass is 9.96. The lowest BCUT2D eigenvalue weighted by Crippen LogP contribution is -2.36. The van der Waals surface area contributed by atoms with E-state index in [1.54, 1.807) is 0 Å². The highest BCUT2D eigenvalue weighted by molar-refractivity contribution is 7.80. The van der Waals surface area contributed by atoms with Gasteiger partial charge in [-0.15, -0.1) is 0 Å². The van der Waals surface area contributed by atoms with Crippen molar-refractivity contribution in [3.63, 3.8) is 0 Å². The van der Waals surface area contributed by atoms with Crippen molar-refractivity contribution in [3.8, 4) is 5.69 Å². The average Bonchev–Trinajstić information content (AvgIpc) is 3.45. The van der Waals surface area contributed by atoms with Crippen LogP contribution in [0.2, 0.25) is 0 Å². The number of anilines is 2. The molecule has 2 fully saturated rings. The van der Waals surface area contributed by atoms with Crippen molar-refractivity contribution in [2.75, 3.05) is 36.1 Å². The van der Waals surface area contributed by atoms with Crippen molar-refractivity contribution in [2.45, 2.75) is 39.8 Å². The second-order valence-corrected chi connectivity index (χ2v) is 10.9. The van der Waals surface area contributed by atoms with E-state index in [1.807, 2.05) is 18.3 Å². The third kappa shape index (κ3) is 4.60. The first-order valence-corrected chi connectivity index (χ1v) is 14.0. The van der Waals surface area contributed by atoms with Crippen LogP contribution in [-0.4, -0.2) is 41.0 Å². The number of pyridine rings is 1. The summed E-state index contributed by atoms with van der Waals surface area (Å²) in [5.74, 6) is 0. The van der Waals surface area contributed by atoms with Crippen LogP contribution in [0, 0.1) is 27.7 Å². The number of aromatic nitrogens is 2. The first kappa shape index (κ1) is 25.6. The van der Waals surface area contributed by atoms with E-state index in [1.165, 1.54) is 39.5 Å². The zero-order chi connectivity index (χ0) is 27.1. The molecule has 39 heavy (non-hydrogen) atoms. The first-order chi connectivity index (χ1) is 18.9. The number of hydrogen-bond donors (Lipinski definition) is 1. The molecule has 2 aromatic heterocycles. The molecule has 4 aromatic rings. The summed E-state index contributed by atoms with van der Waals surface area (Å²) in [6, 6.07) is 23.6. The molecule has 4 heterocycles. The second-order valence-electron chi connectivity index (χ2n) is 10.5. The molecular formula is C32H35N5OS.